The molecule has 1 N–H and O–H groups in total. The molecule has 0 spiro atoms. The number of aryl methyl sites for hydroxylation is 1. The van der Waals surface area contributed by atoms with Crippen molar-refractivity contribution in [3.8, 4) is 11.5 Å². The van der Waals surface area contributed by atoms with Gasteiger partial charge in [-0.25, -0.2) is 0 Å². The second kappa shape index (κ2) is 8.87. The molecule has 8 nitrogen and oxygen atoms in total. The largest absolute Gasteiger partial charge is 0.457 e. The summed E-state index contributed by atoms with van der Waals surface area (Å²) in [5, 5.41) is 18.3. The number of aromatic nitrogens is 2. The number of nitro benzene ring substituents is 1. The molecule has 1 atom stereocenters. The van der Waals surface area contributed by atoms with Crippen molar-refractivity contribution in [3.63, 3.8) is 0 Å². The van der Waals surface area contributed by atoms with E-state index >= 15 is 0 Å². The molecule has 3 rings (SSSR count). The fourth-order valence-electron chi connectivity index (χ4n) is 2.72. The lowest BCUT2D eigenvalue weighted by molar-refractivity contribution is -0.384. The summed E-state index contributed by atoms with van der Waals surface area (Å²) in [5.74, 6) is -0.846. The number of carbonyl (C=O) groups is 1. The van der Waals surface area contributed by atoms with E-state index in [1.54, 1.807) is 13.8 Å². The number of hydrogen-bond acceptors (Lipinski definition) is 5. The molecule has 168 valence electrons. The summed E-state index contributed by atoms with van der Waals surface area (Å²) in [5.41, 5.74) is -0.808. The Kier molecular flexibility index (Phi) is 6.40. The number of nitro groups is 1. The third kappa shape index (κ3) is 5.35. The predicted molar refractivity (Wildman–Crippen MR) is 110 cm³/mol. The highest BCUT2D eigenvalue weighted by molar-refractivity contribution is 6.31. The van der Waals surface area contributed by atoms with Gasteiger partial charge in [-0.2, -0.15) is 18.3 Å². The lowest BCUT2D eigenvalue weighted by Crippen LogP contribution is -2.24. The number of anilines is 1. The van der Waals surface area contributed by atoms with E-state index in [1.807, 2.05) is 0 Å². The van der Waals surface area contributed by atoms with E-state index in [4.69, 9.17) is 16.3 Å². The van der Waals surface area contributed by atoms with Gasteiger partial charge in [-0.05, 0) is 32.0 Å². The maximum Gasteiger partial charge on any atom is 0.416 e. The SMILES string of the molecule is Cc1nn(C(C)C(=O)Nc2cc(Oc3cccc(C(F)(F)F)c3)cc([N+](=O)[O-])c2)cc1Cl. The highest BCUT2D eigenvalue weighted by Crippen LogP contribution is 2.34. The number of non-ortho nitro benzene ring substituents is 1. The van der Waals surface area contributed by atoms with Gasteiger partial charge in [0, 0.05) is 18.3 Å². The van der Waals surface area contributed by atoms with Gasteiger partial charge in [-0.1, -0.05) is 17.7 Å². The van der Waals surface area contributed by atoms with E-state index in [-0.39, 0.29) is 17.2 Å². The Morgan fingerprint density at radius 3 is 2.56 bits per heavy atom. The molecule has 0 aliphatic heterocycles. The quantitative estimate of drug-likeness (QED) is 0.366. The molecule has 0 saturated carbocycles. The van der Waals surface area contributed by atoms with Gasteiger partial charge in [-0.15, -0.1) is 0 Å². The molecular weight excluding hydrogens is 453 g/mol. The fourth-order valence-corrected chi connectivity index (χ4v) is 2.85. The van der Waals surface area contributed by atoms with Crippen LogP contribution >= 0.6 is 11.6 Å². The maximum absolute atomic E-state index is 12.9. The molecule has 0 fully saturated rings. The van der Waals surface area contributed by atoms with Crippen molar-refractivity contribution in [2.75, 3.05) is 5.32 Å². The number of benzene rings is 2. The van der Waals surface area contributed by atoms with Crippen molar-refractivity contribution in [3.05, 3.63) is 75.1 Å². The number of nitrogens with zero attached hydrogens (tertiary/aromatic N) is 3. The Labute approximate surface area is 184 Å². The summed E-state index contributed by atoms with van der Waals surface area (Å²) in [4.78, 5) is 23.2. The summed E-state index contributed by atoms with van der Waals surface area (Å²) < 4.78 is 45.5. The first-order chi connectivity index (χ1) is 14.9. The average molecular weight is 469 g/mol. The van der Waals surface area contributed by atoms with Gasteiger partial charge in [0.15, 0.2) is 0 Å². The number of rotatable bonds is 6. The van der Waals surface area contributed by atoms with Gasteiger partial charge >= 0.3 is 6.18 Å². The number of amides is 1. The zero-order chi connectivity index (χ0) is 23.6. The van der Waals surface area contributed by atoms with Gasteiger partial charge in [0.25, 0.3) is 5.69 Å². The molecule has 1 amide bonds. The van der Waals surface area contributed by atoms with Crippen LogP contribution in [-0.2, 0) is 11.0 Å². The van der Waals surface area contributed by atoms with E-state index in [9.17, 15) is 28.1 Å². The van der Waals surface area contributed by atoms with Crippen LogP contribution in [0.15, 0.2) is 48.7 Å². The molecule has 1 unspecified atom stereocenters. The van der Waals surface area contributed by atoms with Gasteiger partial charge in [0.1, 0.15) is 17.5 Å². The highest BCUT2D eigenvalue weighted by atomic mass is 35.5. The number of ether oxygens (including phenoxy) is 1. The average Bonchev–Trinajstić information content (AvgIpc) is 3.05. The van der Waals surface area contributed by atoms with Crippen molar-refractivity contribution < 1.29 is 27.6 Å². The van der Waals surface area contributed by atoms with Gasteiger partial charge in [0.2, 0.25) is 5.91 Å². The van der Waals surface area contributed by atoms with Crippen LogP contribution in [0, 0.1) is 17.0 Å². The summed E-state index contributed by atoms with van der Waals surface area (Å²) >= 11 is 5.95. The highest BCUT2D eigenvalue weighted by Gasteiger charge is 2.30. The van der Waals surface area contributed by atoms with Gasteiger partial charge < -0.3 is 10.1 Å². The van der Waals surface area contributed by atoms with Gasteiger partial charge in [-0.3, -0.25) is 19.6 Å². The molecule has 0 aliphatic carbocycles. The van der Waals surface area contributed by atoms with Gasteiger partial charge in [0.05, 0.1) is 33.0 Å². The van der Waals surface area contributed by atoms with Crippen molar-refractivity contribution >= 4 is 28.9 Å². The molecule has 2 aromatic carbocycles. The van der Waals surface area contributed by atoms with E-state index in [2.05, 4.69) is 10.4 Å². The second-order valence-electron chi connectivity index (χ2n) is 6.81. The standard InChI is InChI=1S/C20H16ClF3N4O4/c1-11-18(21)10-27(26-11)12(2)19(29)25-14-7-15(28(30)31)9-17(8-14)32-16-5-3-4-13(6-16)20(22,23)24/h3-10,12H,1-2H3,(H,25,29). The first-order valence-corrected chi connectivity index (χ1v) is 9.48. The number of nitrogens with one attached hydrogen (secondary N) is 1. The minimum absolute atomic E-state index is 0.0213. The van der Waals surface area contributed by atoms with Crippen LogP contribution in [0.2, 0.25) is 5.02 Å². The van der Waals surface area contributed by atoms with E-state index < -0.39 is 34.3 Å². The predicted octanol–water partition coefficient (Wildman–Crippen LogP) is 5.76. The van der Waals surface area contributed by atoms with E-state index in [0.29, 0.717) is 10.7 Å². The first kappa shape index (κ1) is 23.1. The summed E-state index contributed by atoms with van der Waals surface area (Å²) in [6.45, 7) is 3.22. The van der Waals surface area contributed by atoms with Crippen LogP contribution in [0.3, 0.4) is 0 Å². The lowest BCUT2D eigenvalue weighted by atomic mass is 10.2. The third-order valence-electron chi connectivity index (χ3n) is 4.40. The second-order valence-corrected chi connectivity index (χ2v) is 7.22. The van der Waals surface area contributed by atoms with Crippen LogP contribution in [0.1, 0.15) is 24.2 Å². The zero-order valence-corrected chi connectivity index (χ0v) is 17.4. The number of alkyl halides is 3. The van der Waals surface area contributed by atoms with Crippen LogP contribution < -0.4 is 10.1 Å². The molecular formula is C20H16ClF3N4O4. The molecule has 3 aromatic rings. The Morgan fingerprint density at radius 2 is 1.97 bits per heavy atom. The normalized spacial score (nSPS) is 12.3. The van der Waals surface area contributed by atoms with E-state index in [0.717, 1.165) is 30.3 Å². The minimum atomic E-state index is -4.58. The monoisotopic (exact) mass is 468 g/mol. The fraction of sp³-hybridized carbons (Fsp3) is 0.200. The van der Waals surface area contributed by atoms with Crippen molar-refractivity contribution in [2.45, 2.75) is 26.1 Å². The Bertz CT molecular complexity index is 1160. The maximum atomic E-state index is 12.9. The number of halogens is 4. The molecule has 1 aromatic heterocycles. The van der Waals surface area contributed by atoms with Crippen molar-refractivity contribution in [1.82, 2.24) is 9.78 Å². The lowest BCUT2D eigenvalue weighted by Gasteiger charge is -2.14. The first-order valence-electron chi connectivity index (χ1n) is 9.11. The third-order valence-corrected chi connectivity index (χ3v) is 4.77. The summed E-state index contributed by atoms with van der Waals surface area (Å²) in [7, 11) is 0. The molecule has 1 heterocycles. The summed E-state index contributed by atoms with van der Waals surface area (Å²) in [6, 6.07) is 6.67. The Morgan fingerprint density at radius 1 is 1.25 bits per heavy atom. The summed E-state index contributed by atoms with van der Waals surface area (Å²) in [6.07, 6.45) is -3.11. The zero-order valence-electron chi connectivity index (χ0n) is 16.7. The smallest absolute Gasteiger partial charge is 0.416 e. The van der Waals surface area contributed by atoms with Crippen molar-refractivity contribution in [2.24, 2.45) is 0 Å². The van der Waals surface area contributed by atoms with Crippen molar-refractivity contribution in [1.29, 1.82) is 0 Å². The molecule has 0 radical (unpaired) electrons. The molecule has 0 saturated heterocycles. The molecule has 0 aliphatic rings. The van der Waals surface area contributed by atoms with Crippen LogP contribution in [-0.4, -0.2) is 20.6 Å². The molecule has 0 bridgehead atoms. The minimum Gasteiger partial charge on any atom is -0.457 e. The molecule has 12 heteroatoms. The Hall–Kier alpha value is -3.60. The molecule has 32 heavy (non-hydrogen) atoms. The number of carbonyl (C=O) groups excluding carboxylic acids is 1. The van der Waals surface area contributed by atoms with E-state index in [1.165, 1.54) is 23.0 Å². The van der Waals surface area contributed by atoms with Crippen LogP contribution in [0.5, 0.6) is 11.5 Å². The van der Waals surface area contributed by atoms with Crippen LogP contribution in [0.25, 0.3) is 0 Å². The topological polar surface area (TPSA) is 99.3 Å². The Balaban J connectivity index is 1.86. The van der Waals surface area contributed by atoms with Crippen LogP contribution in [0.4, 0.5) is 24.5 Å². The number of hydrogen-bond donors (Lipinski definition) is 1.